The lowest BCUT2D eigenvalue weighted by Crippen LogP contribution is -2.03. The predicted molar refractivity (Wildman–Crippen MR) is 86.3 cm³/mol. The third kappa shape index (κ3) is 2.44. The van der Waals surface area contributed by atoms with E-state index in [1.165, 1.54) is 5.56 Å². The van der Waals surface area contributed by atoms with Gasteiger partial charge in [-0.15, -0.1) is 0 Å². The first kappa shape index (κ1) is 13.5. The molecule has 0 unspecified atom stereocenters. The smallest absolute Gasteiger partial charge is 0.132 e. The van der Waals surface area contributed by atoms with E-state index in [4.69, 9.17) is 0 Å². The van der Waals surface area contributed by atoms with Crippen LogP contribution in [0.25, 0.3) is 22.2 Å². The molecule has 0 bridgehead atoms. The van der Waals surface area contributed by atoms with Crippen LogP contribution in [0.1, 0.15) is 18.9 Å². The summed E-state index contributed by atoms with van der Waals surface area (Å²) in [4.78, 5) is 13.3. The number of nitrogens with one attached hydrogen (secondary N) is 1. The van der Waals surface area contributed by atoms with Crippen molar-refractivity contribution in [2.75, 3.05) is 12.4 Å². The SMILES string of the molecule is CCCc1c(NC)ncnc1-c1cccc2ncccc12. The minimum Gasteiger partial charge on any atom is -0.373 e. The van der Waals surface area contributed by atoms with E-state index in [0.29, 0.717) is 0 Å². The Labute approximate surface area is 124 Å². The van der Waals surface area contributed by atoms with Crippen LogP contribution in [0.5, 0.6) is 0 Å². The average Bonchev–Trinajstić information content (AvgIpc) is 2.55. The van der Waals surface area contributed by atoms with E-state index >= 15 is 0 Å². The lowest BCUT2D eigenvalue weighted by molar-refractivity contribution is 0.906. The topological polar surface area (TPSA) is 50.7 Å². The van der Waals surface area contributed by atoms with Crippen LogP contribution in [-0.4, -0.2) is 22.0 Å². The van der Waals surface area contributed by atoms with Gasteiger partial charge in [0.1, 0.15) is 12.1 Å². The highest BCUT2D eigenvalue weighted by molar-refractivity contribution is 5.94. The molecule has 1 aromatic carbocycles. The molecule has 2 aromatic heterocycles. The summed E-state index contributed by atoms with van der Waals surface area (Å²) in [6.45, 7) is 2.17. The molecular formula is C17H18N4. The largest absolute Gasteiger partial charge is 0.373 e. The Bertz CT molecular complexity index is 762. The summed E-state index contributed by atoms with van der Waals surface area (Å²) in [5.41, 5.74) is 4.26. The van der Waals surface area contributed by atoms with Crippen molar-refractivity contribution in [3.8, 4) is 11.3 Å². The normalized spacial score (nSPS) is 10.8. The first-order chi connectivity index (χ1) is 10.3. The zero-order valence-corrected chi connectivity index (χ0v) is 12.3. The average molecular weight is 278 g/mol. The molecule has 21 heavy (non-hydrogen) atoms. The molecule has 3 aromatic rings. The molecule has 0 aliphatic rings. The summed E-state index contributed by atoms with van der Waals surface area (Å²) in [5.74, 6) is 0.905. The van der Waals surface area contributed by atoms with Crippen LogP contribution in [0.3, 0.4) is 0 Å². The molecule has 1 N–H and O–H groups in total. The van der Waals surface area contributed by atoms with Crippen molar-refractivity contribution in [2.24, 2.45) is 0 Å². The number of benzene rings is 1. The molecule has 3 rings (SSSR count). The summed E-state index contributed by atoms with van der Waals surface area (Å²) in [6.07, 6.45) is 5.44. The molecule has 0 aliphatic carbocycles. The van der Waals surface area contributed by atoms with Gasteiger partial charge in [0.25, 0.3) is 0 Å². The molecule has 0 aliphatic heterocycles. The summed E-state index contributed by atoms with van der Waals surface area (Å²) in [5, 5.41) is 4.30. The minimum absolute atomic E-state index is 0.905. The van der Waals surface area contributed by atoms with Gasteiger partial charge in [0.05, 0.1) is 11.2 Å². The number of hydrogen-bond acceptors (Lipinski definition) is 4. The Morgan fingerprint density at radius 2 is 1.95 bits per heavy atom. The molecule has 4 nitrogen and oxygen atoms in total. The van der Waals surface area contributed by atoms with E-state index in [1.54, 1.807) is 6.33 Å². The summed E-state index contributed by atoms with van der Waals surface area (Å²) in [7, 11) is 1.90. The first-order valence-corrected chi connectivity index (χ1v) is 7.21. The van der Waals surface area contributed by atoms with Crippen LogP contribution in [-0.2, 0) is 6.42 Å². The molecule has 0 fully saturated rings. The van der Waals surface area contributed by atoms with Gasteiger partial charge >= 0.3 is 0 Å². The van der Waals surface area contributed by atoms with Crippen LogP contribution in [0.2, 0.25) is 0 Å². The highest BCUT2D eigenvalue weighted by Crippen LogP contribution is 2.31. The summed E-state index contributed by atoms with van der Waals surface area (Å²) in [6, 6.07) is 10.2. The van der Waals surface area contributed by atoms with Gasteiger partial charge in [-0.2, -0.15) is 0 Å². The molecule has 0 spiro atoms. The van der Waals surface area contributed by atoms with Crippen LogP contribution in [0, 0.1) is 0 Å². The molecule has 106 valence electrons. The number of rotatable bonds is 4. The number of hydrogen-bond donors (Lipinski definition) is 1. The second-order valence-electron chi connectivity index (χ2n) is 4.93. The van der Waals surface area contributed by atoms with Crippen LogP contribution in [0.15, 0.2) is 42.9 Å². The number of fused-ring (bicyclic) bond motifs is 1. The van der Waals surface area contributed by atoms with Gasteiger partial charge < -0.3 is 5.32 Å². The van der Waals surface area contributed by atoms with Crippen molar-refractivity contribution in [3.05, 3.63) is 48.4 Å². The number of anilines is 1. The van der Waals surface area contributed by atoms with E-state index in [2.05, 4.69) is 39.3 Å². The zero-order valence-electron chi connectivity index (χ0n) is 12.3. The Hall–Kier alpha value is -2.49. The minimum atomic E-state index is 0.905. The Morgan fingerprint density at radius 3 is 2.76 bits per heavy atom. The Balaban J connectivity index is 2.28. The number of aromatic nitrogens is 3. The predicted octanol–water partition coefficient (Wildman–Crippen LogP) is 3.69. The zero-order chi connectivity index (χ0) is 14.7. The second kappa shape index (κ2) is 5.87. The van der Waals surface area contributed by atoms with Gasteiger partial charge in [-0.25, -0.2) is 9.97 Å². The fourth-order valence-electron chi connectivity index (χ4n) is 2.66. The van der Waals surface area contributed by atoms with Crippen molar-refractivity contribution in [3.63, 3.8) is 0 Å². The molecule has 0 saturated heterocycles. The standard InChI is InChI=1S/C17H18N4/c1-3-6-14-16(20-11-21-17(14)18-2)13-7-4-9-15-12(13)8-5-10-19-15/h4-5,7-11H,3,6H2,1-2H3,(H,18,20,21). The van der Waals surface area contributed by atoms with Crippen molar-refractivity contribution < 1.29 is 0 Å². The number of pyridine rings is 1. The van der Waals surface area contributed by atoms with Crippen molar-refractivity contribution in [2.45, 2.75) is 19.8 Å². The van der Waals surface area contributed by atoms with Gasteiger partial charge in [0.2, 0.25) is 0 Å². The maximum Gasteiger partial charge on any atom is 0.132 e. The molecule has 4 heteroatoms. The summed E-state index contributed by atoms with van der Waals surface area (Å²) < 4.78 is 0. The van der Waals surface area contributed by atoms with Crippen LogP contribution < -0.4 is 5.32 Å². The fourth-order valence-corrected chi connectivity index (χ4v) is 2.66. The maximum atomic E-state index is 4.55. The highest BCUT2D eigenvalue weighted by Gasteiger charge is 2.13. The van der Waals surface area contributed by atoms with Gasteiger partial charge in [-0.3, -0.25) is 4.98 Å². The van der Waals surface area contributed by atoms with Gasteiger partial charge in [-0.05, 0) is 18.6 Å². The lowest BCUT2D eigenvalue weighted by atomic mass is 9.99. The van der Waals surface area contributed by atoms with E-state index in [-0.39, 0.29) is 0 Å². The van der Waals surface area contributed by atoms with E-state index in [1.807, 2.05) is 31.4 Å². The Morgan fingerprint density at radius 1 is 1.05 bits per heavy atom. The first-order valence-electron chi connectivity index (χ1n) is 7.21. The fraction of sp³-hybridized carbons (Fsp3) is 0.235. The molecule has 0 radical (unpaired) electrons. The molecule has 0 atom stereocenters. The van der Waals surface area contributed by atoms with Gasteiger partial charge in [0.15, 0.2) is 0 Å². The number of nitrogens with zero attached hydrogens (tertiary/aromatic N) is 3. The molecule has 0 saturated carbocycles. The van der Waals surface area contributed by atoms with Crippen LogP contribution in [0.4, 0.5) is 5.82 Å². The quantitative estimate of drug-likeness (QED) is 0.791. The molecular weight excluding hydrogens is 260 g/mol. The Kier molecular flexibility index (Phi) is 3.77. The monoisotopic (exact) mass is 278 g/mol. The van der Waals surface area contributed by atoms with E-state index in [0.717, 1.165) is 40.8 Å². The maximum absolute atomic E-state index is 4.55. The van der Waals surface area contributed by atoms with Crippen molar-refractivity contribution in [1.29, 1.82) is 0 Å². The highest BCUT2D eigenvalue weighted by atomic mass is 15.0. The van der Waals surface area contributed by atoms with E-state index < -0.39 is 0 Å². The molecule has 0 amide bonds. The third-order valence-electron chi connectivity index (χ3n) is 3.58. The van der Waals surface area contributed by atoms with Crippen molar-refractivity contribution >= 4 is 16.7 Å². The summed E-state index contributed by atoms with van der Waals surface area (Å²) >= 11 is 0. The third-order valence-corrected chi connectivity index (χ3v) is 3.58. The van der Waals surface area contributed by atoms with Gasteiger partial charge in [-0.1, -0.05) is 31.5 Å². The molecule has 2 heterocycles. The van der Waals surface area contributed by atoms with Gasteiger partial charge in [0, 0.05) is 29.8 Å². The lowest BCUT2D eigenvalue weighted by Gasteiger charge is -2.13. The second-order valence-corrected chi connectivity index (χ2v) is 4.93. The van der Waals surface area contributed by atoms with Crippen LogP contribution >= 0.6 is 0 Å². The van der Waals surface area contributed by atoms with Crippen molar-refractivity contribution in [1.82, 2.24) is 15.0 Å². The van der Waals surface area contributed by atoms with E-state index in [9.17, 15) is 0 Å².